The number of benzene rings is 1. The molecule has 0 spiro atoms. The molecule has 1 fully saturated rings. The molecule has 0 amide bonds. The van der Waals surface area contributed by atoms with Gasteiger partial charge in [-0.3, -0.25) is 9.58 Å². The van der Waals surface area contributed by atoms with E-state index < -0.39 is 0 Å². The van der Waals surface area contributed by atoms with E-state index >= 15 is 0 Å². The molecule has 9 nitrogen and oxygen atoms in total. The summed E-state index contributed by atoms with van der Waals surface area (Å²) in [6, 6.07) is 13.1. The Bertz CT molecular complexity index is 1260. The quantitative estimate of drug-likeness (QED) is 0.430. The molecule has 1 aliphatic rings. The third-order valence-electron chi connectivity index (χ3n) is 6.42. The fraction of sp³-hybridized carbons (Fsp3) is 0.400. The van der Waals surface area contributed by atoms with E-state index in [0.717, 1.165) is 67.2 Å². The molecule has 0 aliphatic carbocycles. The fourth-order valence-electron chi connectivity index (χ4n) is 4.68. The first kappa shape index (κ1) is 22.5. The van der Waals surface area contributed by atoms with Gasteiger partial charge >= 0.3 is 0 Å². The standard InChI is InChI=1S/C25H31N7O2/c1-30(10-13-33-2)16-18-4-3-5-19(14-18)23-15-21(24-25(26)27-17-29-32(23)24)22-6-9-28-31(22)20-7-11-34-12-8-20/h3-6,9,14-15,17,20H,7-8,10-13,16H2,1-2H3,(H2,26,27,29). The minimum atomic E-state index is 0.300. The van der Waals surface area contributed by atoms with E-state index in [2.05, 4.69) is 62.1 Å². The van der Waals surface area contributed by atoms with Crippen LogP contribution in [0.4, 0.5) is 5.82 Å². The Hall–Kier alpha value is -3.27. The maximum Gasteiger partial charge on any atom is 0.152 e. The number of ether oxygens (including phenoxy) is 2. The second-order valence-electron chi connectivity index (χ2n) is 8.78. The van der Waals surface area contributed by atoms with E-state index in [-0.39, 0.29) is 0 Å². The normalized spacial score (nSPS) is 14.9. The van der Waals surface area contributed by atoms with Crippen molar-refractivity contribution in [2.75, 3.05) is 46.3 Å². The molecule has 1 saturated heterocycles. The molecule has 4 aromatic rings. The predicted molar refractivity (Wildman–Crippen MR) is 131 cm³/mol. The van der Waals surface area contributed by atoms with Crippen LogP contribution in [0.25, 0.3) is 28.0 Å². The minimum Gasteiger partial charge on any atom is -0.383 e. The lowest BCUT2D eigenvalue weighted by molar-refractivity contribution is 0.0667. The average Bonchev–Trinajstić information content (AvgIpc) is 3.49. The van der Waals surface area contributed by atoms with Crippen LogP contribution >= 0.6 is 0 Å². The summed E-state index contributed by atoms with van der Waals surface area (Å²) in [5, 5.41) is 9.23. The SMILES string of the molecule is COCCN(C)Cc1cccc(-c2cc(-c3ccnn3C3CCOCC3)c3c(N)ncnn23)c1. The lowest BCUT2D eigenvalue weighted by Crippen LogP contribution is -2.22. The first-order chi connectivity index (χ1) is 16.7. The van der Waals surface area contributed by atoms with Crippen molar-refractivity contribution < 1.29 is 9.47 Å². The lowest BCUT2D eigenvalue weighted by atomic mass is 10.1. The van der Waals surface area contributed by atoms with Crippen LogP contribution < -0.4 is 5.73 Å². The van der Waals surface area contributed by atoms with Crippen molar-refractivity contribution in [3.8, 4) is 22.5 Å². The summed E-state index contributed by atoms with van der Waals surface area (Å²) in [4.78, 5) is 6.54. The van der Waals surface area contributed by atoms with Gasteiger partial charge in [0.1, 0.15) is 11.8 Å². The summed E-state index contributed by atoms with van der Waals surface area (Å²) in [5.41, 5.74) is 12.5. The van der Waals surface area contributed by atoms with E-state index in [9.17, 15) is 0 Å². The molecule has 2 N–H and O–H groups in total. The van der Waals surface area contributed by atoms with Gasteiger partial charge in [-0.2, -0.15) is 10.2 Å². The molecule has 34 heavy (non-hydrogen) atoms. The Morgan fingerprint density at radius 1 is 1.15 bits per heavy atom. The molecule has 178 valence electrons. The minimum absolute atomic E-state index is 0.300. The van der Waals surface area contributed by atoms with Crippen LogP contribution in [0.1, 0.15) is 24.4 Å². The van der Waals surface area contributed by atoms with Crippen molar-refractivity contribution in [3.05, 3.63) is 54.5 Å². The zero-order chi connectivity index (χ0) is 23.5. The second-order valence-corrected chi connectivity index (χ2v) is 8.78. The van der Waals surface area contributed by atoms with Gasteiger partial charge in [0, 0.05) is 50.7 Å². The number of anilines is 1. The smallest absolute Gasteiger partial charge is 0.152 e. The van der Waals surface area contributed by atoms with Gasteiger partial charge in [-0.05, 0) is 43.7 Å². The number of likely N-dealkylation sites (N-methyl/N-ethyl adjacent to an activating group) is 1. The molecule has 0 bridgehead atoms. The second kappa shape index (κ2) is 9.92. The molecular formula is C25H31N7O2. The van der Waals surface area contributed by atoms with Gasteiger partial charge in [-0.15, -0.1) is 0 Å². The topological polar surface area (TPSA) is 95.7 Å². The molecule has 0 unspecified atom stereocenters. The molecule has 0 radical (unpaired) electrons. The Morgan fingerprint density at radius 3 is 2.82 bits per heavy atom. The maximum atomic E-state index is 6.39. The summed E-state index contributed by atoms with van der Waals surface area (Å²) in [6.07, 6.45) is 5.24. The number of fused-ring (bicyclic) bond motifs is 1. The van der Waals surface area contributed by atoms with Gasteiger partial charge in [-0.25, -0.2) is 9.50 Å². The van der Waals surface area contributed by atoms with Gasteiger partial charge in [0.2, 0.25) is 0 Å². The summed E-state index contributed by atoms with van der Waals surface area (Å²) in [5.74, 6) is 0.450. The van der Waals surface area contributed by atoms with Crippen molar-refractivity contribution >= 4 is 11.3 Å². The van der Waals surface area contributed by atoms with Crippen molar-refractivity contribution in [3.63, 3.8) is 0 Å². The molecular weight excluding hydrogens is 430 g/mol. The Kier molecular flexibility index (Phi) is 6.57. The first-order valence-electron chi connectivity index (χ1n) is 11.7. The molecule has 1 aliphatic heterocycles. The lowest BCUT2D eigenvalue weighted by Gasteiger charge is -2.24. The number of nitrogen functional groups attached to an aromatic ring is 1. The van der Waals surface area contributed by atoms with Crippen molar-refractivity contribution in [1.29, 1.82) is 0 Å². The van der Waals surface area contributed by atoms with Gasteiger partial charge < -0.3 is 15.2 Å². The zero-order valence-electron chi connectivity index (χ0n) is 19.7. The van der Waals surface area contributed by atoms with E-state index in [1.807, 2.05) is 16.8 Å². The summed E-state index contributed by atoms with van der Waals surface area (Å²) >= 11 is 0. The van der Waals surface area contributed by atoms with Crippen LogP contribution in [0.5, 0.6) is 0 Å². The van der Waals surface area contributed by atoms with Crippen LogP contribution in [0.3, 0.4) is 0 Å². The monoisotopic (exact) mass is 461 g/mol. The summed E-state index contributed by atoms with van der Waals surface area (Å²) in [7, 11) is 3.83. The Morgan fingerprint density at radius 2 is 2.00 bits per heavy atom. The van der Waals surface area contributed by atoms with E-state index in [0.29, 0.717) is 18.5 Å². The Balaban J connectivity index is 1.56. The number of aromatic nitrogens is 5. The van der Waals surface area contributed by atoms with Gasteiger partial charge in [0.15, 0.2) is 5.82 Å². The molecule has 9 heteroatoms. The number of nitrogens with zero attached hydrogens (tertiary/aromatic N) is 6. The predicted octanol–water partition coefficient (Wildman–Crippen LogP) is 3.27. The molecule has 3 aromatic heterocycles. The third-order valence-corrected chi connectivity index (χ3v) is 6.42. The highest BCUT2D eigenvalue weighted by molar-refractivity contribution is 5.90. The highest BCUT2D eigenvalue weighted by Gasteiger charge is 2.23. The van der Waals surface area contributed by atoms with E-state index in [1.165, 1.54) is 11.9 Å². The number of methoxy groups -OCH3 is 1. The van der Waals surface area contributed by atoms with Crippen molar-refractivity contribution in [2.45, 2.75) is 25.4 Å². The van der Waals surface area contributed by atoms with Crippen LogP contribution in [0.2, 0.25) is 0 Å². The van der Waals surface area contributed by atoms with Crippen LogP contribution in [-0.2, 0) is 16.0 Å². The number of hydrogen-bond donors (Lipinski definition) is 1. The van der Waals surface area contributed by atoms with Crippen LogP contribution in [0.15, 0.2) is 48.9 Å². The zero-order valence-corrected chi connectivity index (χ0v) is 19.7. The van der Waals surface area contributed by atoms with Crippen molar-refractivity contribution in [2.24, 2.45) is 0 Å². The van der Waals surface area contributed by atoms with Crippen molar-refractivity contribution in [1.82, 2.24) is 29.3 Å². The van der Waals surface area contributed by atoms with Crippen LogP contribution in [0, 0.1) is 0 Å². The Labute approximate surface area is 199 Å². The molecule has 4 heterocycles. The van der Waals surface area contributed by atoms with Gasteiger partial charge in [-0.1, -0.05) is 18.2 Å². The maximum absolute atomic E-state index is 6.39. The highest BCUT2D eigenvalue weighted by Crippen LogP contribution is 2.36. The molecule has 5 rings (SSSR count). The fourth-order valence-corrected chi connectivity index (χ4v) is 4.68. The average molecular weight is 462 g/mol. The molecule has 1 aromatic carbocycles. The number of rotatable bonds is 8. The van der Waals surface area contributed by atoms with E-state index in [1.54, 1.807) is 7.11 Å². The number of hydrogen-bond acceptors (Lipinski definition) is 7. The van der Waals surface area contributed by atoms with Crippen LogP contribution in [-0.4, -0.2) is 69.8 Å². The van der Waals surface area contributed by atoms with Gasteiger partial charge in [0.05, 0.1) is 24.0 Å². The third kappa shape index (κ3) is 4.42. The highest BCUT2D eigenvalue weighted by atomic mass is 16.5. The number of nitrogens with two attached hydrogens (primary N) is 1. The largest absolute Gasteiger partial charge is 0.383 e. The molecule has 0 saturated carbocycles. The molecule has 0 atom stereocenters. The van der Waals surface area contributed by atoms with E-state index in [4.69, 9.17) is 15.2 Å². The summed E-state index contributed by atoms with van der Waals surface area (Å²) in [6.45, 7) is 3.92. The first-order valence-corrected chi connectivity index (χ1v) is 11.7. The van der Waals surface area contributed by atoms with Gasteiger partial charge in [0.25, 0.3) is 0 Å². The summed E-state index contributed by atoms with van der Waals surface area (Å²) < 4.78 is 14.8.